The summed E-state index contributed by atoms with van der Waals surface area (Å²) in [7, 11) is 0. The molecule has 5 nitrogen and oxygen atoms in total. The fourth-order valence-electron chi connectivity index (χ4n) is 3.39. The van der Waals surface area contributed by atoms with E-state index in [9.17, 15) is 18.4 Å². The molecule has 3 rings (SSSR count). The van der Waals surface area contributed by atoms with Crippen molar-refractivity contribution >= 4 is 11.8 Å². The first-order chi connectivity index (χ1) is 11.5. The summed E-state index contributed by atoms with van der Waals surface area (Å²) in [5, 5.41) is 2.69. The van der Waals surface area contributed by atoms with Crippen molar-refractivity contribution in [2.24, 2.45) is 0 Å². The zero-order chi connectivity index (χ0) is 17.3. The van der Waals surface area contributed by atoms with E-state index in [1.54, 1.807) is 4.90 Å². The lowest BCUT2D eigenvalue weighted by Gasteiger charge is -2.39. The maximum absolute atomic E-state index is 13.9. The Balaban J connectivity index is 1.58. The number of hydrogen-bond donors (Lipinski definition) is 1. The van der Waals surface area contributed by atoms with Gasteiger partial charge in [0.1, 0.15) is 17.7 Å². The SMILES string of the molecule is C[C@H](c1ccc(F)cc1F)N1CCN(C(=O)[C@@H]2CCC(=O)N2)CC1. The Kier molecular flexibility index (Phi) is 4.80. The normalized spacial score (nSPS) is 23.2. The predicted octanol–water partition coefficient (Wildman–Crippen LogP) is 1.45. The van der Waals surface area contributed by atoms with E-state index in [0.29, 0.717) is 44.6 Å². The van der Waals surface area contributed by atoms with Crippen molar-refractivity contribution in [1.29, 1.82) is 0 Å². The van der Waals surface area contributed by atoms with Gasteiger partial charge in [-0.15, -0.1) is 0 Å². The van der Waals surface area contributed by atoms with Crippen LogP contribution in [0.4, 0.5) is 8.78 Å². The van der Waals surface area contributed by atoms with Crippen LogP contribution in [0.25, 0.3) is 0 Å². The Hall–Kier alpha value is -2.02. The van der Waals surface area contributed by atoms with Crippen LogP contribution in [0.1, 0.15) is 31.4 Å². The fraction of sp³-hybridized carbons (Fsp3) is 0.529. The van der Waals surface area contributed by atoms with E-state index in [-0.39, 0.29) is 17.9 Å². The van der Waals surface area contributed by atoms with Crippen molar-refractivity contribution in [2.75, 3.05) is 26.2 Å². The fourth-order valence-corrected chi connectivity index (χ4v) is 3.39. The van der Waals surface area contributed by atoms with Crippen LogP contribution in [0.3, 0.4) is 0 Å². The van der Waals surface area contributed by atoms with Crippen molar-refractivity contribution in [2.45, 2.75) is 31.8 Å². The quantitative estimate of drug-likeness (QED) is 0.908. The van der Waals surface area contributed by atoms with E-state index in [1.807, 2.05) is 6.92 Å². The van der Waals surface area contributed by atoms with Crippen molar-refractivity contribution in [3.05, 3.63) is 35.4 Å². The molecule has 0 bridgehead atoms. The van der Waals surface area contributed by atoms with Gasteiger partial charge in [-0.25, -0.2) is 8.78 Å². The molecule has 0 saturated carbocycles. The number of amides is 2. The largest absolute Gasteiger partial charge is 0.344 e. The van der Waals surface area contributed by atoms with Crippen molar-refractivity contribution in [1.82, 2.24) is 15.1 Å². The lowest BCUT2D eigenvalue weighted by Crippen LogP contribution is -2.53. The predicted molar refractivity (Wildman–Crippen MR) is 84.1 cm³/mol. The van der Waals surface area contributed by atoms with E-state index in [4.69, 9.17) is 0 Å². The minimum absolute atomic E-state index is 0.0406. The van der Waals surface area contributed by atoms with E-state index in [2.05, 4.69) is 10.2 Å². The Bertz CT molecular complexity index is 645. The zero-order valence-corrected chi connectivity index (χ0v) is 13.6. The monoisotopic (exact) mass is 337 g/mol. The molecule has 2 atom stereocenters. The lowest BCUT2D eigenvalue weighted by atomic mass is 10.0. The third-order valence-corrected chi connectivity index (χ3v) is 4.88. The molecule has 0 unspecified atom stereocenters. The molecule has 0 spiro atoms. The highest BCUT2D eigenvalue weighted by molar-refractivity contribution is 5.90. The Morgan fingerprint density at radius 3 is 2.54 bits per heavy atom. The van der Waals surface area contributed by atoms with Gasteiger partial charge in [0, 0.05) is 50.3 Å². The number of carbonyl (C=O) groups is 2. The highest BCUT2D eigenvalue weighted by Crippen LogP contribution is 2.25. The van der Waals surface area contributed by atoms with E-state index < -0.39 is 17.7 Å². The molecule has 2 aliphatic heterocycles. The average Bonchev–Trinajstić information content (AvgIpc) is 3.00. The third kappa shape index (κ3) is 3.40. The van der Waals surface area contributed by atoms with E-state index in [0.717, 1.165) is 6.07 Å². The van der Waals surface area contributed by atoms with Gasteiger partial charge in [0.2, 0.25) is 11.8 Å². The van der Waals surface area contributed by atoms with Crippen LogP contribution in [0.5, 0.6) is 0 Å². The number of carbonyl (C=O) groups excluding carboxylic acids is 2. The number of benzene rings is 1. The first kappa shape index (κ1) is 16.8. The van der Waals surface area contributed by atoms with Crippen LogP contribution in [0.15, 0.2) is 18.2 Å². The molecule has 2 heterocycles. The number of nitrogens with zero attached hydrogens (tertiary/aromatic N) is 2. The second-order valence-corrected chi connectivity index (χ2v) is 6.36. The van der Waals surface area contributed by atoms with Gasteiger partial charge in [0.15, 0.2) is 0 Å². The number of rotatable bonds is 3. The van der Waals surface area contributed by atoms with Crippen molar-refractivity contribution < 1.29 is 18.4 Å². The first-order valence-corrected chi connectivity index (χ1v) is 8.23. The summed E-state index contributed by atoms with van der Waals surface area (Å²) >= 11 is 0. The average molecular weight is 337 g/mol. The molecule has 1 aromatic carbocycles. The third-order valence-electron chi connectivity index (χ3n) is 4.88. The van der Waals surface area contributed by atoms with Crippen LogP contribution in [0, 0.1) is 11.6 Å². The highest BCUT2D eigenvalue weighted by Gasteiger charge is 2.33. The van der Waals surface area contributed by atoms with Crippen LogP contribution in [-0.4, -0.2) is 53.8 Å². The second-order valence-electron chi connectivity index (χ2n) is 6.36. The minimum Gasteiger partial charge on any atom is -0.344 e. The highest BCUT2D eigenvalue weighted by atomic mass is 19.1. The number of nitrogens with one attached hydrogen (secondary N) is 1. The molecular formula is C17H21F2N3O2. The number of halogens is 2. The van der Waals surface area contributed by atoms with Gasteiger partial charge in [0.05, 0.1) is 0 Å². The zero-order valence-electron chi connectivity index (χ0n) is 13.6. The van der Waals surface area contributed by atoms with Gasteiger partial charge in [0.25, 0.3) is 0 Å². The van der Waals surface area contributed by atoms with E-state index in [1.165, 1.54) is 12.1 Å². The summed E-state index contributed by atoms with van der Waals surface area (Å²) < 4.78 is 27.0. The minimum atomic E-state index is -0.586. The maximum Gasteiger partial charge on any atom is 0.245 e. The molecule has 2 aliphatic rings. The molecule has 0 radical (unpaired) electrons. The van der Waals surface area contributed by atoms with Crippen LogP contribution >= 0.6 is 0 Å². The lowest BCUT2D eigenvalue weighted by molar-refractivity contribution is -0.136. The second kappa shape index (κ2) is 6.84. The summed E-state index contributed by atoms with van der Waals surface area (Å²) in [4.78, 5) is 27.4. The van der Waals surface area contributed by atoms with Gasteiger partial charge in [-0.05, 0) is 19.4 Å². The Labute approximate surface area is 139 Å². The smallest absolute Gasteiger partial charge is 0.245 e. The van der Waals surface area contributed by atoms with Crippen molar-refractivity contribution in [3.63, 3.8) is 0 Å². The van der Waals surface area contributed by atoms with Gasteiger partial charge in [-0.1, -0.05) is 6.07 Å². The first-order valence-electron chi connectivity index (χ1n) is 8.23. The molecule has 1 N–H and O–H groups in total. The number of piperazine rings is 1. The summed E-state index contributed by atoms with van der Waals surface area (Å²) in [6.45, 7) is 4.19. The molecule has 2 fully saturated rings. The van der Waals surface area contributed by atoms with Gasteiger partial charge in [-0.2, -0.15) is 0 Å². The Morgan fingerprint density at radius 1 is 1.25 bits per heavy atom. The van der Waals surface area contributed by atoms with Gasteiger partial charge in [-0.3, -0.25) is 14.5 Å². The molecular weight excluding hydrogens is 316 g/mol. The van der Waals surface area contributed by atoms with Crippen LogP contribution in [0.2, 0.25) is 0 Å². The van der Waals surface area contributed by atoms with E-state index >= 15 is 0 Å². The number of hydrogen-bond acceptors (Lipinski definition) is 3. The molecule has 0 aromatic heterocycles. The Morgan fingerprint density at radius 2 is 1.96 bits per heavy atom. The molecule has 0 aliphatic carbocycles. The summed E-state index contributed by atoms with van der Waals surface area (Å²) in [5.74, 6) is -1.25. The summed E-state index contributed by atoms with van der Waals surface area (Å²) in [6.07, 6.45) is 0.951. The molecule has 7 heteroatoms. The maximum atomic E-state index is 13.9. The van der Waals surface area contributed by atoms with Crippen LogP contribution in [-0.2, 0) is 9.59 Å². The van der Waals surface area contributed by atoms with Crippen molar-refractivity contribution in [3.8, 4) is 0 Å². The van der Waals surface area contributed by atoms with Crippen LogP contribution < -0.4 is 5.32 Å². The molecule has 24 heavy (non-hydrogen) atoms. The molecule has 130 valence electrons. The molecule has 1 aromatic rings. The van der Waals surface area contributed by atoms with Gasteiger partial charge >= 0.3 is 0 Å². The molecule has 2 amide bonds. The summed E-state index contributed by atoms with van der Waals surface area (Å²) in [5.41, 5.74) is 0.458. The topological polar surface area (TPSA) is 52.7 Å². The standard InChI is InChI=1S/C17H21F2N3O2/c1-11(13-3-2-12(18)10-14(13)19)21-6-8-22(9-7-21)17(24)15-4-5-16(23)20-15/h2-3,10-11,15H,4-9H2,1H3,(H,20,23)/t11-,15+/m1/s1. The summed E-state index contributed by atoms with van der Waals surface area (Å²) in [6, 6.07) is 3.04. The van der Waals surface area contributed by atoms with Gasteiger partial charge < -0.3 is 10.2 Å². The molecule has 2 saturated heterocycles.